The molecule has 0 aromatic rings. The zero-order valence-electron chi connectivity index (χ0n) is 8.45. The number of amides is 1. The van der Waals surface area contributed by atoms with Gasteiger partial charge in [-0.05, 0) is 25.7 Å². The normalized spacial score (nSPS) is 33.4. The van der Waals surface area contributed by atoms with Gasteiger partial charge >= 0.3 is 0 Å². The molecule has 2 atom stereocenters. The number of hydrogen-bond acceptors (Lipinski definition) is 3. The van der Waals surface area contributed by atoms with Gasteiger partial charge in [-0.2, -0.15) is 0 Å². The Kier molecular flexibility index (Phi) is 3.03. The van der Waals surface area contributed by atoms with E-state index in [0.29, 0.717) is 6.54 Å². The van der Waals surface area contributed by atoms with Crippen molar-refractivity contribution in [2.45, 2.75) is 37.8 Å². The van der Waals surface area contributed by atoms with E-state index in [0.717, 1.165) is 38.8 Å². The maximum Gasteiger partial charge on any atom is 0.251 e. The molecule has 2 aliphatic rings. The van der Waals surface area contributed by atoms with Crippen LogP contribution in [0.2, 0.25) is 0 Å². The Morgan fingerprint density at radius 1 is 1.36 bits per heavy atom. The molecule has 2 saturated heterocycles. The number of ether oxygens (including phenoxy) is 1. The van der Waals surface area contributed by atoms with E-state index in [-0.39, 0.29) is 18.1 Å². The van der Waals surface area contributed by atoms with E-state index < -0.39 is 0 Å². The lowest BCUT2D eigenvalue weighted by atomic mass is 10.1. The van der Waals surface area contributed by atoms with Gasteiger partial charge in [-0.25, -0.2) is 0 Å². The molecule has 0 radical (unpaired) electrons. The molecule has 0 aromatic carbocycles. The Balaban J connectivity index is 1.89. The van der Waals surface area contributed by atoms with Gasteiger partial charge in [-0.3, -0.25) is 4.79 Å². The van der Waals surface area contributed by atoms with E-state index in [4.69, 9.17) is 10.5 Å². The zero-order chi connectivity index (χ0) is 9.97. The number of hydrogen-bond donors (Lipinski definition) is 1. The number of carbonyl (C=O) groups is 1. The molecule has 2 fully saturated rings. The zero-order valence-corrected chi connectivity index (χ0v) is 8.45. The van der Waals surface area contributed by atoms with Crippen LogP contribution in [0.25, 0.3) is 0 Å². The minimum absolute atomic E-state index is 0.151. The maximum atomic E-state index is 11.9. The fraction of sp³-hybridized carbons (Fsp3) is 0.900. The molecule has 2 aliphatic heterocycles. The number of carbonyl (C=O) groups excluding carboxylic acids is 1. The van der Waals surface area contributed by atoms with Gasteiger partial charge in [0.1, 0.15) is 6.10 Å². The molecular formula is C10H18N2O2. The molecule has 0 aliphatic carbocycles. The van der Waals surface area contributed by atoms with Crippen LogP contribution < -0.4 is 5.73 Å². The summed E-state index contributed by atoms with van der Waals surface area (Å²) in [6, 6.07) is 0.161. The van der Waals surface area contributed by atoms with E-state index in [1.807, 2.05) is 4.90 Å². The van der Waals surface area contributed by atoms with Crippen LogP contribution in [0.3, 0.4) is 0 Å². The summed E-state index contributed by atoms with van der Waals surface area (Å²) in [7, 11) is 0. The average Bonchev–Trinajstić information content (AvgIpc) is 2.69. The predicted octanol–water partition coefficient (Wildman–Crippen LogP) is 0.115. The Morgan fingerprint density at radius 2 is 2.21 bits per heavy atom. The van der Waals surface area contributed by atoms with Crippen LogP contribution in [0.1, 0.15) is 25.7 Å². The lowest BCUT2D eigenvalue weighted by molar-refractivity contribution is -0.142. The standard InChI is InChI=1S/C10H18N2O2/c11-8-3-1-5-12(7-8)10(13)9-4-2-6-14-9/h8-9H,1-7,11H2/t8-,9+/m1/s1. The van der Waals surface area contributed by atoms with Crippen LogP contribution in [0.15, 0.2) is 0 Å². The van der Waals surface area contributed by atoms with Crippen molar-refractivity contribution in [1.82, 2.24) is 4.90 Å². The monoisotopic (exact) mass is 198 g/mol. The van der Waals surface area contributed by atoms with Crippen LogP contribution in [0.5, 0.6) is 0 Å². The fourth-order valence-corrected chi connectivity index (χ4v) is 2.19. The minimum Gasteiger partial charge on any atom is -0.368 e. The summed E-state index contributed by atoms with van der Waals surface area (Å²) >= 11 is 0. The van der Waals surface area contributed by atoms with Crippen LogP contribution >= 0.6 is 0 Å². The fourth-order valence-electron chi connectivity index (χ4n) is 2.19. The van der Waals surface area contributed by atoms with Crippen molar-refractivity contribution in [3.05, 3.63) is 0 Å². The number of nitrogens with two attached hydrogens (primary N) is 1. The first kappa shape index (κ1) is 9.93. The first-order valence-corrected chi connectivity index (χ1v) is 5.43. The molecule has 4 heteroatoms. The molecule has 0 spiro atoms. The summed E-state index contributed by atoms with van der Waals surface area (Å²) in [6.07, 6.45) is 3.77. The topological polar surface area (TPSA) is 55.6 Å². The van der Waals surface area contributed by atoms with Crippen LogP contribution in [0, 0.1) is 0 Å². The number of rotatable bonds is 1. The molecule has 0 saturated carbocycles. The summed E-state index contributed by atoms with van der Waals surface area (Å²) in [5, 5.41) is 0. The molecule has 0 aromatic heterocycles. The average molecular weight is 198 g/mol. The lowest BCUT2D eigenvalue weighted by Crippen LogP contribution is -2.49. The summed E-state index contributed by atoms with van der Waals surface area (Å²) in [4.78, 5) is 13.8. The van der Waals surface area contributed by atoms with Crippen LogP contribution in [-0.4, -0.2) is 42.6 Å². The largest absolute Gasteiger partial charge is 0.368 e. The molecule has 2 N–H and O–H groups in total. The molecule has 1 amide bonds. The highest BCUT2D eigenvalue weighted by Gasteiger charge is 2.30. The highest BCUT2D eigenvalue weighted by atomic mass is 16.5. The third kappa shape index (κ3) is 2.07. The van der Waals surface area contributed by atoms with Gasteiger partial charge in [0.05, 0.1) is 0 Å². The Bertz CT molecular complexity index is 214. The number of likely N-dealkylation sites (tertiary alicyclic amines) is 1. The molecule has 80 valence electrons. The summed E-state index contributed by atoms with van der Waals surface area (Å²) in [5.41, 5.74) is 5.83. The molecule has 0 unspecified atom stereocenters. The summed E-state index contributed by atoms with van der Waals surface area (Å²) < 4.78 is 5.37. The highest BCUT2D eigenvalue weighted by Crippen LogP contribution is 2.17. The second-order valence-corrected chi connectivity index (χ2v) is 4.19. The van der Waals surface area contributed by atoms with Gasteiger partial charge < -0.3 is 15.4 Å². The van der Waals surface area contributed by atoms with Crippen molar-refractivity contribution in [1.29, 1.82) is 0 Å². The molecular weight excluding hydrogens is 180 g/mol. The first-order valence-electron chi connectivity index (χ1n) is 5.43. The lowest BCUT2D eigenvalue weighted by Gasteiger charge is -2.32. The van der Waals surface area contributed by atoms with Gasteiger partial charge in [0.25, 0.3) is 5.91 Å². The third-order valence-electron chi connectivity index (χ3n) is 2.97. The highest BCUT2D eigenvalue weighted by molar-refractivity contribution is 5.81. The Hall–Kier alpha value is -0.610. The molecule has 0 bridgehead atoms. The van der Waals surface area contributed by atoms with Crippen LogP contribution in [0.4, 0.5) is 0 Å². The second kappa shape index (κ2) is 4.28. The Labute approximate surface area is 84.4 Å². The van der Waals surface area contributed by atoms with Crippen molar-refractivity contribution in [3.63, 3.8) is 0 Å². The quantitative estimate of drug-likeness (QED) is 0.651. The summed E-state index contributed by atoms with van der Waals surface area (Å²) in [6.45, 7) is 2.29. The van der Waals surface area contributed by atoms with E-state index in [2.05, 4.69) is 0 Å². The minimum atomic E-state index is -0.180. The smallest absolute Gasteiger partial charge is 0.251 e. The molecule has 2 heterocycles. The van der Waals surface area contributed by atoms with Crippen molar-refractivity contribution in [2.24, 2.45) is 5.73 Å². The van der Waals surface area contributed by atoms with Gasteiger partial charge in [0.15, 0.2) is 0 Å². The van der Waals surface area contributed by atoms with Crippen molar-refractivity contribution < 1.29 is 9.53 Å². The third-order valence-corrected chi connectivity index (χ3v) is 2.97. The van der Waals surface area contributed by atoms with Crippen molar-refractivity contribution >= 4 is 5.91 Å². The maximum absolute atomic E-state index is 11.9. The molecule has 4 nitrogen and oxygen atoms in total. The number of nitrogens with zero attached hydrogens (tertiary/aromatic N) is 1. The van der Waals surface area contributed by atoms with Crippen molar-refractivity contribution in [3.8, 4) is 0 Å². The SMILES string of the molecule is N[C@@H]1CCCN(C(=O)[C@@H]2CCCO2)C1. The first-order chi connectivity index (χ1) is 6.77. The van der Waals surface area contributed by atoms with Gasteiger partial charge in [-0.1, -0.05) is 0 Å². The van der Waals surface area contributed by atoms with E-state index in [1.165, 1.54) is 0 Å². The Morgan fingerprint density at radius 3 is 2.86 bits per heavy atom. The van der Waals surface area contributed by atoms with E-state index >= 15 is 0 Å². The van der Waals surface area contributed by atoms with E-state index in [1.54, 1.807) is 0 Å². The van der Waals surface area contributed by atoms with Crippen molar-refractivity contribution in [2.75, 3.05) is 19.7 Å². The summed E-state index contributed by atoms with van der Waals surface area (Å²) in [5.74, 6) is 0.151. The van der Waals surface area contributed by atoms with Gasteiger partial charge in [-0.15, -0.1) is 0 Å². The van der Waals surface area contributed by atoms with Gasteiger partial charge in [0.2, 0.25) is 0 Å². The van der Waals surface area contributed by atoms with Crippen LogP contribution in [-0.2, 0) is 9.53 Å². The van der Waals surface area contributed by atoms with Gasteiger partial charge in [0, 0.05) is 25.7 Å². The predicted molar refractivity (Wildman–Crippen MR) is 52.8 cm³/mol. The number of piperidine rings is 1. The molecule has 14 heavy (non-hydrogen) atoms. The molecule has 2 rings (SSSR count). The second-order valence-electron chi connectivity index (χ2n) is 4.19. The van der Waals surface area contributed by atoms with E-state index in [9.17, 15) is 4.79 Å².